The van der Waals surface area contributed by atoms with Crippen LogP contribution in [0.1, 0.15) is 226 Å². The standard InChI is InChI=1S/C14H20N4O6S.C14H20N4O3.C13H18N4O7S.C12H17N5O7S.HI/c1-3-8(2)11-15-16-12(23-11)9-6-14(4-5-14)10-7-17(9)13(19)18(10)24-25(20,21)22;1-3-8(2)11-15-16-12(21-11)9-6-14(4-5-14)10-7-17(9)13(19)18(10)20;1-2-8(18)11-15-14-10(23-11)7-5-13(3-4-13)9-6-16(7)12(19)17(9)24-25(20,21)22;13-4-7(18)10-15-14-9(23-10)6-3-12(1-2-12)8-5-16(6)11(19)17(8)24-25(20,21)22;/h8-10H,3-7H2,1-2H3,(H,20,21,22);8-10,20H,3-7H2,1-2H3;7-9,18H,2-6H2,1H3,(H,20,21,22);6-8,18H,1-5,13H2,(H,20,21,22);1H/t2*8?,9-,10-;7-,8?,9-;6-,7?,8-;/m0000./s1. The second-order valence-corrected chi connectivity index (χ2v) is 30.2. The van der Waals surface area contributed by atoms with Crippen LogP contribution in [0, 0.1) is 21.7 Å². The number of fused-ring (bicyclic) bond motifs is 12. The Morgan fingerprint density at radius 2 is 0.722 bits per heavy atom. The lowest BCUT2D eigenvalue weighted by Crippen LogP contribution is -2.43. The SMILES string of the molecule is CCC(C)c1nnc([C@@H]2CC3(CC3)[C@@H]3CN2C(=O)N3O)o1.CCC(C)c1nnc([C@@H]2CC3(CC3)[C@@H]3CN2C(=O)N3OS(=O)(=O)O)o1.CCC(O)c1nnc([C@@H]2CC3(CC3)[C@@H]3CN2C(=O)N3OS(=O)(=O)O)o1.I.NCC(O)c1nnc([C@@H]2CC3(CC3)[C@@H]3CN2C(=O)N3OS(=O)(=O)O)o1. The van der Waals surface area contributed by atoms with E-state index in [1.54, 1.807) is 11.8 Å². The molecular weight excluding hydrogens is 1470 g/mol. The minimum atomic E-state index is -4.81. The van der Waals surface area contributed by atoms with Gasteiger partial charge in [0.2, 0.25) is 47.1 Å². The van der Waals surface area contributed by atoms with Crippen LogP contribution < -0.4 is 5.73 Å². The predicted molar refractivity (Wildman–Crippen MR) is 326 cm³/mol. The fourth-order valence-corrected chi connectivity index (χ4v) is 15.9. The molecule has 12 aliphatic rings. The summed E-state index contributed by atoms with van der Waals surface area (Å²) in [6.07, 6.45) is 9.67. The highest BCUT2D eigenvalue weighted by Crippen LogP contribution is 2.65. The molecule has 0 aromatic carbocycles. The van der Waals surface area contributed by atoms with E-state index in [0.717, 1.165) is 85.8 Å². The van der Waals surface area contributed by atoms with Gasteiger partial charge in [-0.3, -0.25) is 18.9 Å². The number of aromatic nitrogens is 8. The van der Waals surface area contributed by atoms with Crippen molar-refractivity contribution in [2.24, 2.45) is 27.4 Å². The van der Waals surface area contributed by atoms with Crippen molar-refractivity contribution in [2.45, 2.75) is 203 Å². The molecule has 12 atom stereocenters. The number of carbonyl (C=O) groups excluding carboxylic acids is 4. The second-order valence-electron chi connectivity index (χ2n) is 27.2. The van der Waals surface area contributed by atoms with Crippen molar-refractivity contribution in [3.63, 3.8) is 0 Å². The van der Waals surface area contributed by atoms with Gasteiger partial charge in [-0.1, -0.05) is 34.6 Å². The third-order valence-electron chi connectivity index (χ3n) is 21.4. The zero-order valence-electron chi connectivity index (χ0n) is 53.1. The zero-order valence-corrected chi connectivity index (χ0v) is 57.8. The third-order valence-corrected chi connectivity index (χ3v) is 22.5. The van der Waals surface area contributed by atoms with E-state index in [2.05, 4.69) is 60.6 Å². The molecule has 536 valence electrons. The van der Waals surface area contributed by atoms with Gasteiger partial charge in [0, 0.05) is 44.6 Å². The van der Waals surface area contributed by atoms with Gasteiger partial charge >= 0.3 is 55.3 Å². The molecule has 4 aromatic rings. The van der Waals surface area contributed by atoms with E-state index in [9.17, 15) is 59.9 Å². The van der Waals surface area contributed by atoms with Crippen molar-refractivity contribution in [3.8, 4) is 0 Å². The van der Waals surface area contributed by atoms with Gasteiger partial charge in [-0.2, -0.15) is 40.4 Å². The van der Waals surface area contributed by atoms with Gasteiger partial charge in [0.15, 0.2) is 0 Å². The maximum absolute atomic E-state index is 12.6. The summed E-state index contributed by atoms with van der Waals surface area (Å²) < 4.78 is 129. The summed E-state index contributed by atoms with van der Waals surface area (Å²) >= 11 is 0. The smallest absolute Gasteiger partial charge is 0.418 e. The Balaban J connectivity index is 0.000000123. The summed E-state index contributed by atoms with van der Waals surface area (Å²) in [7, 11) is -14.4. The van der Waals surface area contributed by atoms with Gasteiger partial charge in [0.25, 0.3) is 0 Å². The molecule has 8 aliphatic heterocycles. The molecule has 97 heavy (non-hydrogen) atoms. The summed E-state index contributed by atoms with van der Waals surface area (Å²) in [5.41, 5.74) is 4.56. The van der Waals surface area contributed by atoms with Crippen LogP contribution in [-0.2, 0) is 44.0 Å². The van der Waals surface area contributed by atoms with Crippen molar-refractivity contribution in [1.82, 2.24) is 80.6 Å². The van der Waals surface area contributed by atoms with Crippen LogP contribution >= 0.6 is 24.0 Å². The van der Waals surface area contributed by atoms with Crippen molar-refractivity contribution in [2.75, 3.05) is 32.7 Å². The molecule has 8 saturated heterocycles. The van der Waals surface area contributed by atoms with Crippen LogP contribution in [0.3, 0.4) is 0 Å². The molecule has 8 N–H and O–H groups in total. The van der Waals surface area contributed by atoms with Crippen molar-refractivity contribution in [1.29, 1.82) is 0 Å². The van der Waals surface area contributed by atoms with E-state index in [1.807, 2.05) is 20.8 Å². The van der Waals surface area contributed by atoms with Gasteiger partial charge in [-0.05, 0) is 118 Å². The normalized spacial score (nSPS) is 28.9. The minimum Gasteiger partial charge on any atom is -0.423 e. The third kappa shape index (κ3) is 13.2. The lowest BCUT2D eigenvalue weighted by atomic mass is 9.85. The fourth-order valence-electron chi connectivity index (χ4n) is 14.8. The molecule has 4 aromatic heterocycles. The number of nitrogens with zero attached hydrogens (tertiary/aromatic N) is 16. The highest BCUT2D eigenvalue weighted by atomic mass is 127. The first kappa shape index (κ1) is 70.7. The van der Waals surface area contributed by atoms with E-state index in [-0.39, 0.29) is 119 Å². The number of urea groups is 4. The number of aliphatic hydroxyl groups excluding tert-OH is 2. The zero-order chi connectivity index (χ0) is 68.7. The molecule has 0 radical (unpaired) electrons. The van der Waals surface area contributed by atoms with Gasteiger partial charge in [-0.25, -0.2) is 24.2 Å². The Bertz CT molecular complexity index is 3700. The number of piperidine rings is 4. The molecule has 16 rings (SSSR count). The maximum atomic E-state index is 12.6. The van der Waals surface area contributed by atoms with E-state index < -0.39 is 97.7 Å². The summed E-state index contributed by atoms with van der Waals surface area (Å²) in [5.74, 6) is 2.78. The van der Waals surface area contributed by atoms with E-state index in [0.29, 0.717) is 67.4 Å². The Morgan fingerprint density at radius 1 is 0.454 bits per heavy atom. The first-order valence-corrected chi connectivity index (χ1v) is 35.9. The highest BCUT2D eigenvalue weighted by molar-refractivity contribution is 14.0. The maximum Gasteiger partial charge on any atom is 0.418 e. The van der Waals surface area contributed by atoms with E-state index >= 15 is 0 Å². The fraction of sp³-hybridized carbons (Fsp3) is 0.774. The Hall–Kier alpha value is -6.18. The van der Waals surface area contributed by atoms with Gasteiger partial charge in [-0.15, -0.1) is 77.6 Å². The number of carbonyl (C=O) groups is 4. The molecule has 12 heterocycles. The van der Waals surface area contributed by atoms with Gasteiger partial charge < -0.3 is 53.2 Å². The molecule has 40 nitrogen and oxygen atoms in total. The number of hydrogen-bond acceptors (Lipinski definition) is 29. The van der Waals surface area contributed by atoms with Crippen LogP contribution in [0.5, 0.6) is 0 Å². The predicted octanol–water partition coefficient (Wildman–Crippen LogP) is 4.28. The molecule has 8 bridgehead atoms. The number of aliphatic hydroxyl groups is 2. The first-order chi connectivity index (χ1) is 45.3. The van der Waals surface area contributed by atoms with Crippen LogP contribution in [0.25, 0.3) is 0 Å². The molecule has 4 saturated carbocycles. The monoisotopic (exact) mass is 1540 g/mol. The molecule has 44 heteroatoms. The largest absolute Gasteiger partial charge is 0.423 e. The molecular formula is C53H76IN17O23S3. The van der Waals surface area contributed by atoms with E-state index in [4.69, 9.17) is 37.1 Å². The number of halogens is 1. The number of amides is 8. The summed E-state index contributed by atoms with van der Waals surface area (Å²) in [5, 5.41) is 64.6. The Morgan fingerprint density at radius 3 is 1.00 bits per heavy atom. The van der Waals surface area contributed by atoms with E-state index in [1.165, 1.54) is 14.7 Å². The Labute approximate surface area is 571 Å². The molecule has 8 amide bonds. The minimum absolute atomic E-state index is 0. The van der Waals surface area contributed by atoms with Crippen LogP contribution in [0.4, 0.5) is 19.2 Å². The lowest BCUT2D eigenvalue weighted by Gasteiger charge is -2.34. The van der Waals surface area contributed by atoms with Crippen molar-refractivity contribution < 1.29 is 104 Å². The van der Waals surface area contributed by atoms with Crippen LogP contribution in [-0.4, -0.2) is 216 Å². The topological polar surface area (TPSA) is 527 Å². The summed E-state index contributed by atoms with van der Waals surface area (Å²) in [6.45, 7) is 11.1. The van der Waals surface area contributed by atoms with Crippen LogP contribution in [0.15, 0.2) is 17.7 Å². The average Bonchev–Trinajstić information content (AvgIpc) is 1.58. The molecule has 4 spiro atoms. The first-order valence-electron chi connectivity index (χ1n) is 31.8. The lowest BCUT2D eigenvalue weighted by molar-refractivity contribution is -0.0783. The quantitative estimate of drug-likeness (QED) is 0.0415. The summed E-state index contributed by atoms with van der Waals surface area (Å²) in [4.78, 5) is 55.9. The van der Waals surface area contributed by atoms with Crippen LogP contribution in [0.2, 0.25) is 0 Å². The molecule has 4 unspecified atom stereocenters. The number of rotatable bonds is 18. The Kier molecular flexibility index (Phi) is 18.6. The van der Waals surface area contributed by atoms with Gasteiger partial charge in [0.1, 0.15) is 36.4 Å². The molecule has 4 aliphatic carbocycles. The van der Waals surface area contributed by atoms with Gasteiger partial charge in [0.05, 0.1) is 24.2 Å². The van der Waals surface area contributed by atoms with Crippen molar-refractivity contribution in [3.05, 3.63) is 47.1 Å². The average molecular weight is 1540 g/mol. The number of nitrogens with two attached hydrogens (primary N) is 1. The summed E-state index contributed by atoms with van der Waals surface area (Å²) in [6, 6.07) is -5.42. The second kappa shape index (κ2) is 25.5. The number of hydroxylamine groups is 8. The highest BCUT2D eigenvalue weighted by Gasteiger charge is 2.69. The van der Waals surface area contributed by atoms with Crippen molar-refractivity contribution >= 4 is 79.3 Å². The number of hydrogen-bond donors (Lipinski definition) is 7. The molecule has 12 fully saturated rings.